The number of aromatic carboxylic acids is 1. The third kappa shape index (κ3) is 1.06. The maximum atomic E-state index is 13.4. The van der Waals surface area contributed by atoms with Crippen molar-refractivity contribution in [2.45, 2.75) is 6.92 Å². The van der Waals surface area contributed by atoms with Gasteiger partial charge < -0.3 is 9.52 Å². The Morgan fingerprint density at radius 2 is 2.36 bits per heavy atom. The zero-order valence-electron chi connectivity index (χ0n) is 7.24. The van der Waals surface area contributed by atoms with Crippen molar-refractivity contribution in [3.05, 3.63) is 29.4 Å². The fourth-order valence-electron chi connectivity index (χ4n) is 1.29. The van der Waals surface area contributed by atoms with Crippen LogP contribution in [0.15, 0.2) is 16.7 Å². The first-order valence-electron chi connectivity index (χ1n) is 3.88. The van der Waals surface area contributed by atoms with Gasteiger partial charge in [0.05, 0.1) is 17.3 Å². The van der Waals surface area contributed by atoms with Gasteiger partial charge in [-0.25, -0.2) is 14.2 Å². The first-order chi connectivity index (χ1) is 6.61. The van der Waals surface area contributed by atoms with Crippen LogP contribution in [0.25, 0.3) is 11.1 Å². The lowest BCUT2D eigenvalue weighted by Crippen LogP contribution is -2.04. The lowest BCUT2D eigenvalue weighted by Gasteiger charge is -2.00. The number of hydrogen-bond acceptors (Lipinski definition) is 3. The molecule has 0 aromatic carbocycles. The van der Waals surface area contributed by atoms with Crippen LogP contribution in [-0.2, 0) is 0 Å². The Bertz CT molecular complexity index is 518. The summed E-state index contributed by atoms with van der Waals surface area (Å²) in [5.41, 5.74) is -0.229. The molecule has 2 rings (SSSR count). The number of carboxylic acids is 1. The molecule has 0 aliphatic rings. The van der Waals surface area contributed by atoms with E-state index < -0.39 is 11.8 Å². The molecule has 2 aromatic heterocycles. The molecule has 5 heteroatoms. The Labute approximate surface area is 78.0 Å². The molecule has 0 bridgehead atoms. The SMILES string of the molecule is Cc1nc2occc2c(C(=O)O)c1F. The molecule has 0 saturated heterocycles. The van der Waals surface area contributed by atoms with Crippen molar-refractivity contribution in [2.24, 2.45) is 0 Å². The molecule has 14 heavy (non-hydrogen) atoms. The fraction of sp³-hybridized carbons (Fsp3) is 0.111. The summed E-state index contributed by atoms with van der Waals surface area (Å²) in [6.07, 6.45) is 1.28. The van der Waals surface area contributed by atoms with Crippen LogP contribution in [0.5, 0.6) is 0 Å². The topological polar surface area (TPSA) is 63.3 Å². The standard InChI is InChI=1S/C9H6FNO3/c1-4-7(10)6(9(12)13)5-2-3-14-8(5)11-4/h2-3H,1H3,(H,12,13). The lowest BCUT2D eigenvalue weighted by molar-refractivity contribution is 0.0693. The third-order valence-electron chi connectivity index (χ3n) is 1.93. The predicted octanol–water partition coefficient (Wildman–Crippen LogP) is 1.97. The smallest absolute Gasteiger partial charge is 0.339 e. The predicted molar refractivity (Wildman–Crippen MR) is 45.7 cm³/mol. The van der Waals surface area contributed by atoms with Crippen molar-refractivity contribution >= 4 is 17.1 Å². The van der Waals surface area contributed by atoms with Gasteiger partial charge >= 0.3 is 5.97 Å². The van der Waals surface area contributed by atoms with Crippen LogP contribution in [-0.4, -0.2) is 16.1 Å². The third-order valence-corrected chi connectivity index (χ3v) is 1.93. The zero-order valence-corrected chi connectivity index (χ0v) is 7.24. The van der Waals surface area contributed by atoms with Crippen molar-refractivity contribution in [3.63, 3.8) is 0 Å². The number of pyridine rings is 1. The summed E-state index contributed by atoms with van der Waals surface area (Å²) in [5, 5.41) is 8.98. The van der Waals surface area contributed by atoms with Crippen LogP contribution in [0.4, 0.5) is 4.39 Å². The highest BCUT2D eigenvalue weighted by Crippen LogP contribution is 2.22. The van der Waals surface area contributed by atoms with Gasteiger partial charge in [-0.2, -0.15) is 0 Å². The molecule has 2 heterocycles. The van der Waals surface area contributed by atoms with Crippen LogP contribution in [0.2, 0.25) is 0 Å². The monoisotopic (exact) mass is 195 g/mol. The summed E-state index contributed by atoms with van der Waals surface area (Å²) in [5.74, 6) is -2.13. The molecule has 4 nitrogen and oxygen atoms in total. The molecule has 0 atom stereocenters. The number of furan rings is 1. The average molecular weight is 195 g/mol. The van der Waals surface area contributed by atoms with Crippen molar-refractivity contribution in [3.8, 4) is 0 Å². The molecule has 1 N–H and O–H groups in total. The van der Waals surface area contributed by atoms with Gasteiger partial charge in [-0.3, -0.25) is 0 Å². The van der Waals surface area contributed by atoms with Crippen LogP contribution in [0.1, 0.15) is 16.1 Å². The Balaban J connectivity index is 2.93. The maximum absolute atomic E-state index is 13.4. The van der Waals surface area contributed by atoms with E-state index in [2.05, 4.69) is 4.98 Å². The van der Waals surface area contributed by atoms with E-state index in [0.29, 0.717) is 0 Å². The number of carbonyl (C=O) groups is 1. The number of carboxylic acid groups (broad SMARTS) is 1. The summed E-state index contributed by atoms with van der Waals surface area (Å²) in [4.78, 5) is 14.5. The quantitative estimate of drug-likeness (QED) is 0.755. The molecular weight excluding hydrogens is 189 g/mol. The fourth-order valence-corrected chi connectivity index (χ4v) is 1.29. The van der Waals surface area contributed by atoms with Crippen molar-refractivity contribution in [1.29, 1.82) is 0 Å². The highest BCUT2D eigenvalue weighted by atomic mass is 19.1. The molecule has 72 valence electrons. The van der Waals surface area contributed by atoms with Gasteiger partial charge in [0.15, 0.2) is 5.82 Å². The summed E-state index contributed by atoms with van der Waals surface area (Å²) in [7, 11) is 0. The number of hydrogen-bond donors (Lipinski definition) is 1. The van der Waals surface area contributed by atoms with Crippen LogP contribution in [0.3, 0.4) is 0 Å². The number of fused-ring (bicyclic) bond motifs is 1. The second-order valence-corrected chi connectivity index (χ2v) is 2.83. The molecule has 0 aliphatic heterocycles. The number of nitrogens with zero attached hydrogens (tertiary/aromatic N) is 1. The maximum Gasteiger partial charge on any atom is 0.339 e. The van der Waals surface area contributed by atoms with E-state index in [1.807, 2.05) is 0 Å². The number of halogens is 1. The normalized spacial score (nSPS) is 10.7. The van der Waals surface area contributed by atoms with Gasteiger partial charge in [-0.15, -0.1) is 0 Å². The highest BCUT2D eigenvalue weighted by Gasteiger charge is 2.19. The van der Waals surface area contributed by atoms with Crippen molar-refractivity contribution in [2.75, 3.05) is 0 Å². The first kappa shape index (κ1) is 8.68. The van der Waals surface area contributed by atoms with Crippen molar-refractivity contribution in [1.82, 2.24) is 4.98 Å². The second kappa shape index (κ2) is 2.80. The lowest BCUT2D eigenvalue weighted by atomic mass is 10.1. The minimum Gasteiger partial charge on any atom is -0.478 e. The van der Waals surface area contributed by atoms with Crippen LogP contribution >= 0.6 is 0 Å². The average Bonchev–Trinajstić information content (AvgIpc) is 2.52. The number of aryl methyl sites for hydroxylation is 1. The van der Waals surface area contributed by atoms with Crippen LogP contribution < -0.4 is 0 Å². The molecule has 0 amide bonds. The van der Waals surface area contributed by atoms with Gasteiger partial charge in [0.25, 0.3) is 0 Å². The molecule has 0 unspecified atom stereocenters. The van der Waals surface area contributed by atoms with E-state index in [1.54, 1.807) is 0 Å². The summed E-state index contributed by atoms with van der Waals surface area (Å²) < 4.78 is 18.3. The van der Waals surface area contributed by atoms with Gasteiger partial charge in [0, 0.05) is 0 Å². The Hall–Kier alpha value is -1.91. The molecule has 0 radical (unpaired) electrons. The van der Waals surface area contributed by atoms with Gasteiger partial charge in [-0.1, -0.05) is 0 Å². The largest absolute Gasteiger partial charge is 0.478 e. The summed E-state index contributed by atoms with van der Waals surface area (Å²) in [6.45, 7) is 1.39. The van der Waals surface area contributed by atoms with E-state index in [4.69, 9.17) is 9.52 Å². The Morgan fingerprint density at radius 1 is 1.64 bits per heavy atom. The van der Waals surface area contributed by atoms with E-state index in [1.165, 1.54) is 19.3 Å². The van der Waals surface area contributed by atoms with Crippen LogP contribution in [0, 0.1) is 12.7 Å². The van der Waals surface area contributed by atoms with E-state index in [-0.39, 0.29) is 22.4 Å². The molecule has 0 aliphatic carbocycles. The van der Waals surface area contributed by atoms with Gasteiger partial charge in [0.2, 0.25) is 5.71 Å². The zero-order chi connectivity index (χ0) is 10.3. The highest BCUT2D eigenvalue weighted by molar-refractivity contribution is 6.01. The first-order valence-corrected chi connectivity index (χ1v) is 3.88. The van der Waals surface area contributed by atoms with Gasteiger partial charge in [-0.05, 0) is 13.0 Å². The molecule has 0 spiro atoms. The Kier molecular flexibility index (Phi) is 1.73. The Morgan fingerprint density at radius 3 is 3.00 bits per heavy atom. The summed E-state index contributed by atoms with van der Waals surface area (Å²) in [6, 6.07) is 1.38. The van der Waals surface area contributed by atoms with E-state index in [9.17, 15) is 9.18 Å². The molecular formula is C9H6FNO3. The second-order valence-electron chi connectivity index (χ2n) is 2.83. The number of aromatic nitrogens is 1. The molecule has 0 saturated carbocycles. The van der Waals surface area contributed by atoms with E-state index in [0.717, 1.165) is 0 Å². The molecule has 2 aromatic rings. The molecule has 0 fully saturated rings. The van der Waals surface area contributed by atoms with Gasteiger partial charge in [0.1, 0.15) is 5.56 Å². The summed E-state index contributed by atoms with van der Waals surface area (Å²) >= 11 is 0. The van der Waals surface area contributed by atoms with Crippen molar-refractivity contribution < 1.29 is 18.7 Å². The minimum absolute atomic E-state index is 0.0184. The number of rotatable bonds is 1. The van der Waals surface area contributed by atoms with E-state index >= 15 is 0 Å². The minimum atomic E-state index is -1.32.